The molecule has 0 radical (unpaired) electrons. The van der Waals surface area contributed by atoms with Gasteiger partial charge in [-0.05, 0) is 18.6 Å². The molecular weight excluding hydrogens is 308 g/mol. The lowest BCUT2D eigenvalue weighted by molar-refractivity contribution is 0.0287. The summed E-state index contributed by atoms with van der Waals surface area (Å²) in [6.07, 6.45) is -0.548. The van der Waals surface area contributed by atoms with Gasteiger partial charge < -0.3 is 15.2 Å². The number of aromatic nitrogens is 1. The first kappa shape index (κ1) is 16.4. The van der Waals surface area contributed by atoms with E-state index in [1.165, 1.54) is 0 Å². The summed E-state index contributed by atoms with van der Waals surface area (Å²) in [5.41, 5.74) is 1.96. The lowest BCUT2D eigenvalue weighted by Gasteiger charge is -2.12. The Labute approximate surface area is 133 Å². The van der Waals surface area contributed by atoms with Crippen LogP contribution in [0.4, 0.5) is 0 Å². The van der Waals surface area contributed by atoms with Crippen molar-refractivity contribution >= 4 is 22.9 Å². The zero-order valence-corrected chi connectivity index (χ0v) is 13.5. The molecule has 0 amide bonds. The van der Waals surface area contributed by atoms with Crippen LogP contribution in [0.3, 0.4) is 0 Å². The number of nitrogens with one attached hydrogen (secondary N) is 1. The predicted molar refractivity (Wildman–Crippen MR) is 85.7 cm³/mol. The molecular formula is C15H19ClN2O2S. The van der Waals surface area contributed by atoms with Gasteiger partial charge in [0.05, 0.1) is 19.3 Å². The Morgan fingerprint density at radius 2 is 2.24 bits per heavy atom. The molecule has 0 saturated heterocycles. The van der Waals surface area contributed by atoms with Crippen LogP contribution in [0, 0.1) is 6.92 Å². The summed E-state index contributed by atoms with van der Waals surface area (Å²) < 4.78 is 5.48. The highest BCUT2D eigenvalue weighted by molar-refractivity contribution is 7.09. The molecule has 2 rings (SSSR count). The number of hydrogen-bond acceptors (Lipinski definition) is 5. The van der Waals surface area contributed by atoms with E-state index in [0.717, 1.165) is 16.3 Å². The largest absolute Gasteiger partial charge is 0.389 e. The van der Waals surface area contributed by atoms with E-state index in [1.54, 1.807) is 11.3 Å². The standard InChI is InChI=1S/C15H19ClN2O2S/c1-11-10-21-15(18-11)7-17-6-13(19)9-20-8-12-4-2-3-5-14(12)16/h2-5,10,13,17,19H,6-9H2,1H3. The Kier molecular flexibility index (Phi) is 6.60. The van der Waals surface area contributed by atoms with Crippen molar-refractivity contribution in [2.24, 2.45) is 0 Å². The number of ether oxygens (including phenoxy) is 1. The van der Waals surface area contributed by atoms with Crippen LogP contribution < -0.4 is 5.32 Å². The molecule has 1 atom stereocenters. The monoisotopic (exact) mass is 326 g/mol. The number of rotatable bonds is 8. The third kappa shape index (κ3) is 5.73. The van der Waals surface area contributed by atoms with Gasteiger partial charge in [0.2, 0.25) is 0 Å². The Bertz CT molecular complexity index is 562. The minimum absolute atomic E-state index is 0.273. The number of aliphatic hydroxyl groups excluding tert-OH is 1. The summed E-state index contributed by atoms with van der Waals surface area (Å²) in [5.74, 6) is 0. The quantitative estimate of drug-likeness (QED) is 0.783. The summed E-state index contributed by atoms with van der Waals surface area (Å²) in [7, 11) is 0. The zero-order valence-electron chi connectivity index (χ0n) is 11.9. The van der Waals surface area contributed by atoms with E-state index in [0.29, 0.717) is 24.7 Å². The van der Waals surface area contributed by atoms with Gasteiger partial charge in [0, 0.05) is 29.2 Å². The molecule has 1 unspecified atom stereocenters. The average Bonchev–Trinajstić information content (AvgIpc) is 2.87. The van der Waals surface area contributed by atoms with Gasteiger partial charge in [-0.3, -0.25) is 0 Å². The highest BCUT2D eigenvalue weighted by Crippen LogP contribution is 2.15. The van der Waals surface area contributed by atoms with E-state index in [1.807, 2.05) is 36.6 Å². The van der Waals surface area contributed by atoms with Crippen molar-refractivity contribution in [2.75, 3.05) is 13.2 Å². The molecule has 21 heavy (non-hydrogen) atoms. The Balaban J connectivity index is 1.61. The SMILES string of the molecule is Cc1csc(CNCC(O)COCc2ccccc2Cl)n1. The van der Waals surface area contributed by atoms with Crippen LogP contribution in [0.25, 0.3) is 0 Å². The van der Waals surface area contributed by atoms with Crippen LogP contribution in [0.1, 0.15) is 16.3 Å². The van der Waals surface area contributed by atoms with Crippen molar-refractivity contribution < 1.29 is 9.84 Å². The van der Waals surface area contributed by atoms with E-state index >= 15 is 0 Å². The molecule has 2 aromatic rings. The van der Waals surface area contributed by atoms with E-state index in [4.69, 9.17) is 16.3 Å². The third-order valence-electron chi connectivity index (χ3n) is 2.85. The third-order valence-corrected chi connectivity index (χ3v) is 4.18. The van der Waals surface area contributed by atoms with Crippen LogP contribution in [0.15, 0.2) is 29.6 Å². The van der Waals surface area contributed by atoms with Crippen LogP contribution in [-0.4, -0.2) is 29.3 Å². The lowest BCUT2D eigenvalue weighted by Crippen LogP contribution is -2.30. The van der Waals surface area contributed by atoms with E-state index in [-0.39, 0.29) is 6.61 Å². The van der Waals surface area contributed by atoms with E-state index < -0.39 is 6.10 Å². The molecule has 0 fully saturated rings. The van der Waals surface area contributed by atoms with Crippen molar-refractivity contribution in [1.82, 2.24) is 10.3 Å². The van der Waals surface area contributed by atoms with Gasteiger partial charge in [-0.15, -0.1) is 11.3 Å². The molecule has 0 saturated carbocycles. The van der Waals surface area contributed by atoms with Crippen molar-refractivity contribution in [3.63, 3.8) is 0 Å². The summed E-state index contributed by atoms with van der Waals surface area (Å²) in [6.45, 7) is 3.79. The zero-order chi connectivity index (χ0) is 15.1. The molecule has 0 aliphatic rings. The highest BCUT2D eigenvalue weighted by atomic mass is 35.5. The summed E-state index contributed by atoms with van der Waals surface area (Å²) in [6, 6.07) is 7.54. The summed E-state index contributed by atoms with van der Waals surface area (Å²) in [5, 5.41) is 16.7. The second-order valence-electron chi connectivity index (χ2n) is 4.77. The van der Waals surface area contributed by atoms with Gasteiger partial charge in [0.25, 0.3) is 0 Å². The fraction of sp³-hybridized carbons (Fsp3) is 0.400. The molecule has 6 heteroatoms. The molecule has 4 nitrogen and oxygen atoms in total. The molecule has 1 heterocycles. The second-order valence-corrected chi connectivity index (χ2v) is 6.12. The summed E-state index contributed by atoms with van der Waals surface area (Å²) >= 11 is 7.65. The van der Waals surface area contributed by atoms with Gasteiger partial charge in [-0.25, -0.2) is 4.98 Å². The molecule has 1 aromatic carbocycles. The first-order chi connectivity index (χ1) is 10.1. The fourth-order valence-corrected chi connectivity index (χ4v) is 2.74. The molecule has 0 bridgehead atoms. The number of thiazole rings is 1. The van der Waals surface area contributed by atoms with Crippen molar-refractivity contribution in [3.8, 4) is 0 Å². The number of hydrogen-bond donors (Lipinski definition) is 2. The van der Waals surface area contributed by atoms with Gasteiger partial charge in [-0.2, -0.15) is 0 Å². The number of benzene rings is 1. The normalized spacial score (nSPS) is 12.5. The van der Waals surface area contributed by atoms with Gasteiger partial charge in [0.1, 0.15) is 5.01 Å². The van der Waals surface area contributed by atoms with Gasteiger partial charge in [0.15, 0.2) is 0 Å². The molecule has 1 aromatic heterocycles. The Hall–Kier alpha value is -0.980. The number of aliphatic hydroxyl groups is 1. The number of halogens is 1. The Morgan fingerprint density at radius 3 is 2.95 bits per heavy atom. The van der Waals surface area contributed by atoms with Crippen LogP contribution in [0.5, 0.6) is 0 Å². The smallest absolute Gasteiger partial charge is 0.107 e. The topological polar surface area (TPSA) is 54.4 Å². The maximum Gasteiger partial charge on any atom is 0.107 e. The maximum absolute atomic E-state index is 9.84. The summed E-state index contributed by atoms with van der Waals surface area (Å²) in [4.78, 5) is 4.35. The second kappa shape index (κ2) is 8.46. The van der Waals surface area contributed by atoms with Crippen LogP contribution in [0.2, 0.25) is 5.02 Å². The molecule has 2 N–H and O–H groups in total. The van der Waals surface area contributed by atoms with Gasteiger partial charge >= 0.3 is 0 Å². The Morgan fingerprint density at radius 1 is 1.43 bits per heavy atom. The van der Waals surface area contributed by atoms with E-state index in [9.17, 15) is 5.11 Å². The first-order valence-corrected chi connectivity index (χ1v) is 8.02. The number of aryl methyl sites for hydroxylation is 1. The predicted octanol–water partition coefficient (Wildman–Crippen LogP) is 2.77. The molecule has 114 valence electrons. The minimum Gasteiger partial charge on any atom is -0.389 e. The maximum atomic E-state index is 9.84. The van der Waals surface area contributed by atoms with Crippen molar-refractivity contribution in [1.29, 1.82) is 0 Å². The van der Waals surface area contributed by atoms with Crippen LogP contribution in [-0.2, 0) is 17.9 Å². The first-order valence-electron chi connectivity index (χ1n) is 6.76. The van der Waals surface area contributed by atoms with E-state index in [2.05, 4.69) is 10.3 Å². The highest BCUT2D eigenvalue weighted by Gasteiger charge is 2.06. The van der Waals surface area contributed by atoms with Crippen molar-refractivity contribution in [3.05, 3.63) is 50.9 Å². The fourth-order valence-electron chi connectivity index (χ4n) is 1.81. The molecule has 0 spiro atoms. The lowest BCUT2D eigenvalue weighted by atomic mass is 10.2. The minimum atomic E-state index is -0.548. The number of nitrogens with zero attached hydrogens (tertiary/aromatic N) is 1. The van der Waals surface area contributed by atoms with Crippen molar-refractivity contribution in [2.45, 2.75) is 26.2 Å². The molecule has 0 aliphatic carbocycles. The molecule has 0 aliphatic heterocycles. The van der Waals surface area contributed by atoms with Gasteiger partial charge in [-0.1, -0.05) is 29.8 Å². The van der Waals surface area contributed by atoms with Crippen LogP contribution >= 0.6 is 22.9 Å². The average molecular weight is 327 g/mol.